The van der Waals surface area contributed by atoms with Crippen molar-refractivity contribution < 1.29 is 4.79 Å². The van der Waals surface area contributed by atoms with Crippen LogP contribution in [0.5, 0.6) is 0 Å². The molecule has 1 saturated heterocycles. The predicted octanol–water partition coefficient (Wildman–Crippen LogP) is 3.25. The normalized spacial score (nSPS) is 34.0. The summed E-state index contributed by atoms with van der Waals surface area (Å²) in [6.07, 6.45) is 6.10. The Morgan fingerprint density at radius 3 is 2.59 bits per heavy atom. The molecule has 1 heterocycles. The van der Waals surface area contributed by atoms with E-state index in [0.29, 0.717) is 11.8 Å². The van der Waals surface area contributed by atoms with E-state index in [9.17, 15) is 4.79 Å². The van der Waals surface area contributed by atoms with E-state index in [1.54, 1.807) is 0 Å². The van der Waals surface area contributed by atoms with Gasteiger partial charge in [-0.2, -0.15) is 0 Å². The van der Waals surface area contributed by atoms with Crippen LogP contribution in [0.15, 0.2) is 0 Å². The molecule has 0 aromatic rings. The predicted molar refractivity (Wildman–Crippen MR) is 71.0 cm³/mol. The molecule has 1 aliphatic heterocycles. The van der Waals surface area contributed by atoms with Gasteiger partial charge in [-0.25, -0.2) is 0 Å². The number of fused-ring (bicyclic) bond motifs is 1. The van der Waals surface area contributed by atoms with Crippen molar-refractivity contribution in [3.05, 3.63) is 0 Å². The first-order valence-corrected chi connectivity index (χ1v) is 7.31. The van der Waals surface area contributed by atoms with E-state index < -0.39 is 0 Å². The zero-order valence-electron chi connectivity index (χ0n) is 11.8. The van der Waals surface area contributed by atoms with E-state index in [1.165, 1.54) is 19.3 Å². The zero-order chi connectivity index (χ0) is 12.6. The summed E-state index contributed by atoms with van der Waals surface area (Å²) >= 11 is 0. The van der Waals surface area contributed by atoms with E-state index in [2.05, 4.69) is 32.6 Å². The summed E-state index contributed by atoms with van der Waals surface area (Å²) in [7, 11) is 0. The molecule has 98 valence electrons. The summed E-state index contributed by atoms with van der Waals surface area (Å²) in [5, 5.41) is 0. The second-order valence-corrected chi connectivity index (χ2v) is 6.44. The number of likely N-dealkylation sites (tertiary alicyclic amines) is 1. The Labute approximate surface area is 106 Å². The van der Waals surface area contributed by atoms with E-state index >= 15 is 0 Å². The van der Waals surface area contributed by atoms with Crippen LogP contribution in [0.4, 0.5) is 0 Å². The van der Waals surface area contributed by atoms with Gasteiger partial charge in [-0.05, 0) is 38.1 Å². The molecule has 0 amide bonds. The van der Waals surface area contributed by atoms with Crippen LogP contribution in [0.3, 0.4) is 0 Å². The molecule has 1 aliphatic carbocycles. The number of Topliss-reactive ketones (excluding diaryl/α,β-unsaturated/α-hetero) is 1. The smallest absolute Gasteiger partial charge is 0.155 e. The van der Waals surface area contributed by atoms with Crippen molar-refractivity contribution in [2.45, 2.75) is 71.9 Å². The Kier molecular flexibility index (Phi) is 3.63. The van der Waals surface area contributed by atoms with Crippen molar-refractivity contribution in [1.82, 2.24) is 4.90 Å². The molecular weight excluding hydrogens is 210 g/mol. The van der Waals surface area contributed by atoms with Gasteiger partial charge in [0.05, 0.1) is 6.04 Å². The summed E-state index contributed by atoms with van der Waals surface area (Å²) in [5.41, 5.74) is -0.142. The largest absolute Gasteiger partial charge is 0.297 e. The number of likely N-dealkylation sites (N-methyl/N-ethyl adjacent to an activating group) is 1. The first-order chi connectivity index (χ1) is 8.01. The first-order valence-electron chi connectivity index (χ1n) is 7.31. The molecule has 17 heavy (non-hydrogen) atoms. The van der Waals surface area contributed by atoms with Gasteiger partial charge in [-0.3, -0.25) is 9.69 Å². The molecular formula is C15H27NO. The zero-order valence-corrected chi connectivity index (χ0v) is 11.8. The Balaban J connectivity index is 2.14. The lowest BCUT2D eigenvalue weighted by Crippen LogP contribution is -2.45. The van der Waals surface area contributed by atoms with Crippen molar-refractivity contribution in [3.8, 4) is 0 Å². The Hall–Kier alpha value is -0.370. The van der Waals surface area contributed by atoms with Crippen molar-refractivity contribution in [2.75, 3.05) is 6.54 Å². The van der Waals surface area contributed by atoms with Crippen LogP contribution in [0.1, 0.15) is 59.8 Å². The van der Waals surface area contributed by atoms with Gasteiger partial charge in [-0.1, -0.05) is 34.1 Å². The highest BCUT2D eigenvalue weighted by Crippen LogP contribution is 2.43. The molecule has 2 rings (SSSR count). The number of carbonyl (C=O) groups excluding carboxylic acids is 1. The van der Waals surface area contributed by atoms with Gasteiger partial charge in [0.15, 0.2) is 5.78 Å². The fourth-order valence-corrected chi connectivity index (χ4v) is 3.72. The topological polar surface area (TPSA) is 20.3 Å². The minimum absolute atomic E-state index is 0.142. The van der Waals surface area contributed by atoms with Gasteiger partial charge in [0, 0.05) is 11.5 Å². The van der Waals surface area contributed by atoms with Crippen molar-refractivity contribution in [2.24, 2.45) is 11.3 Å². The molecule has 2 aliphatic rings. The minimum Gasteiger partial charge on any atom is -0.297 e. The van der Waals surface area contributed by atoms with Gasteiger partial charge in [0.1, 0.15) is 0 Å². The summed E-state index contributed by atoms with van der Waals surface area (Å²) in [6.45, 7) is 9.59. The van der Waals surface area contributed by atoms with Gasteiger partial charge in [0.25, 0.3) is 0 Å². The lowest BCUT2D eigenvalue weighted by molar-refractivity contribution is -0.132. The van der Waals surface area contributed by atoms with Crippen LogP contribution in [0.25, 0.3) is 0 Å². The molecule has 0 aromatic heterocycles. The minimum atomic E-state index is -0.142. The fourth-order valence-electron chi connectivity index (χ4n) is 3.72. The lowest BCUT2D eigenvalue weighted by Gasteiger charge is -2.32. The molecule has 0 N–H and O–H groups in total. The molecule has 2 heteroatoms. The molecule has 0 radical (unpaired) electrons. The van der Waals surface area contributed by atoms with Crippen LogP contribution in [-0.4, -0.2) is 29.3 Å². The Morgan fingerprint density at radius 2 is 2.00 bits per heavy atom. The average Bonchev–Trinajstić information content (AvgIpc) is 2.87. The van der Waals surface area contributed by atoms with Crippen molar-refractivity contribution in [1.29, 1.82) is 0 Å². The molecule has 0 aromatic carbocycles. The van der Waals surface area contributed by atoms with E-state index in [1.807, 2.05) is 0 Å². The third-order valence-corrected chi connectivity index (χ3v) is 5.19. The van der Waals surface area contributed by atoms with E-state index in [-0.39, 0.29) is 11.5 Å². The fraction of sp³-hybridized carbons (Fsp3) is 0.933. The number of ketones is 1. The van der Waals surface area contributed by atoms with Crippen LogP contribution in [-0.2, 0) is 4.79 Å². The maximum Gasteiger partial charge on any atom is 0.155 e. The third kappa shape index (κ3) is 2.16. The van der Waals surface area contributed by atoms with Gasteiger partial charge >= 0.3 is 0 Å². The molecule has 2 fully saturated rings. The number of hydrogen-bond donors (Lipinski definition) is 0. The second-order valence-electron chi connectivity index (χ2n) is 6.44. The molecule has 1 saturated carbocycles. The van der Waals surface area contributed by atoms with Crippen LogP contribution in [0.2, 0.25) is 0 Å². The maximum absolute atomic E-state index is 12.7. The summed E-state index contributed by atoms with van der Waals surface area (Å²) in [5.74, 6) is 1.29. The maximum atomic E-state index is 12.7. The highest BCUT2D eigenvalue weighted by atomic mass is 16.1. The molecule has 2 nitrogen and oxygen atoms in total. The molecule has 0 bridgehead atoms. The first kappa shape index (κ1) is 13.1. The number of carbonyl (C=O) groups is 1. The quantitative estimate of drug-likeness (QED) is 0.748. The van der Waals surface area contributed by atoms with E-state index in [0.717, 1.165) is 25.3 Å². The van der Waals surface area contributed by atoms with Gasteiger partial charge in [-0.15, -0.1) is 0 Å². The van der Waals surface area contributed by atoms with Crippen molar-refractivity contribution in [3.63, 3.8) is 0 Å². The third-order valence-electron chi connectivity index (χ3n) is 5.19. The van der Waals surface area contributed by atoms with E-state index in [4.69, 9.17) is 0 Å². The standard InChI is InChI=1S/C15H27NO/c1-5-15(3,4)14(17)13-10-11-8-7-9-12(11)16(13)6-2/h11-13H,5-10H2,1-4H3. The Morgan fingerprint density at radius 1 is 1.29 bits per heavy atom. The average molecular weight is 237 g/mol. The second kappa shape index (κ2) is 4.72. The monoisotopic (exact) mass is 237 g/mol. The lowest BCUT2D eigenvalue weighted by atomic mass is 9.80. The van der Waals surface area contributed by atoms with Gasteiger partial charge < -0.3 is 0 Å². The molecule has 0 spiro atoms. The Bertz CT molecular complexity index is 297. The van der Waals surface area contributed by atoms with Gasteiger partial charge in [0.2, 0.25) is 0 Å². The van der Waals surface area contributed by atoms with Crippen molar-refractivity contribution >= 4 is 5.78 Å². The number of rotatable bonds is 4. The highest BCUT2D eigenvalue weighted by Gasteiger charge is 2.47. The highest BCUT2D eigenvalue weighted by molar-refractivity contribution is 5.89. The summed E-state index contributed by atoms with van der Waals surface area (Å²) in [6, 6.07) is 0.923. The van der Waals surface area contributed by atoms with Crippen LogP contribution >= 0.6 is 0 Å². The molecule has 3 atom stereocenters. The number of nitrogens with zero attached hydrogens (tertiary/aromatic N) is 1. The SMILES string of the molecule is CCN1C(C(=O)C(C)(C)CC)CC2CCCC21. The number of hydrogen-bond acceptors (Lipinski definition) is 2. The van der Waals surface area contributed by atoms with Crippen LogP contribution < -0.4 is 0 Å². The summed E-state index contributed by atoms with van der Waals surface area (Å²) < 4.78 is 0. The summed E-state index contributed by atoms with van der Waals surface area (Å²) in [4.78, 5) is 15.2. The molecule has 3 unspecified atom stereocenters. The van der Waals surface area contributed by atoms with Crippen LogP contribution in [0, 0.1) is 11.3 Å².